The molecule has 0 atom stereocenters. The number of rotatable bonds is 5. The average molecular weight is 398 g/mol. The van der Waals surface area contributed by atoms with E-state index in [1.54, 1.807) is 36.4 Å². The predicted molar refractivity (Wildman–Crippen MR) is 106 cm³/mol. The van der Waals surface area contributed by atoms with Gasteiger partial charge in [0.1, 0.15) is 5.75 Å². The molecule has 3 N–H and O–H groups in total. The molecule has 3 aromatic rings. The third-order valence-electron chi connectivity index (χ3n) is 4.06. The number of carbonyl (C=O) groups is 1. The van der Waals surface area contributed by atoms with E-state index in [4.69, 9.17) is 10.5 Å². The standard InChI is InChI=1S/C22H17F3N2O2/c1-2-5-20(26)29-17-10-11-18-14(12-17)6-3-9-19(18)21(28)27-16-8-4-7-15(13-16)22(23,24)25/h2-13H,1,26H2,(H,27,28)/b20-5+. The van der Waals surface area contributed by atoms with Crippen molar-refractivity contribution in [3.05, 3.63) is 96.4 Å². The first-order valence-corrected chi connectivity index (χ1v) is 8.55. The normalized spacial score (nSPS) is 11.9. The van der Waals surface area contributed by atoms with Gasteiger partial charge in [-0.15, -0.1) is 0 Å². The third-order valence-corrected chi connectivity index (χ3v) is 4.06. The molecule has 29 heavy (non-hydrogen) atoms. The van der Waals surface area contributed by atoms with Crippen LogP contribution in [0.5, 0.6) is 5.75 Å². The molecule has 4 nitrogen and oxygen atoms in total. The molecule has 0 bridgehead atoms. The zero-order chi connectivity index (χ0) is 21.0. The third kappa shape index (κ3) is 4.76. The van der Waals surface area contributed by atoms with Gasteiger partial charge in [0, 0.05) is 11.3 Å². The number of allylic oxidation sites excluding steroid dienone is 2. The van der Waals surface area contributed by atoms with Crippen molar-refractivity contribution < 1.29 is 22.7 Å². The van der Waals surface area contributed by atoms with E-state index in [-0.39, 0.29) is 11.6 Å². The van der Waals surface area contributed by atoms with E-state index in [1.807, 2.05) is 0 Å². The molecule has 148 valence electrons. The minimum Gasteiger partial charge on any atom is -0.442 e. The van der Waals surface area contributed by atoms with Crippen molar-refractivity contribution in [2.75, 3.05) is 5.32 Å². The Balaban J connectivity index is 1.89. The van der Waals surface area contributed by atoms with Gasteiger partial charge in [0.25, 0.3) is 5.91 Å². The van der Waals surface area contributed by atoms with E-state index in [2.05, 4.69) is 11.9 Å². The Kier molecular flexibility index (Phi) is 5.59. The van der Waals surface area contributed by atoms with Crippen LogP contribution < -0.4 is 15.8 Å². The first kappa shape index (κ1) is 20.0. The highest BCUT2D eigenvalue weighted by Crippen LogP contribution is 2.31. The highest BCUT2D eigenvalue weighted by molar-refractivity contribution is 6.13. The van der Waals surface area contributed by atoms with Crippen LogP contribution in [0.2, 0.25) is 0 Å². The molecule has 7 heteroatoms. The van der Waals surface area contributed by atoms with Gasteiger partial charge in [0.2, 0.25) is 0 Å². The Hall–Kier alpha value is -3.74. The molecule has 0 saturated heterocycles. The van der Waals surface area contributed by atoms with Crippen LogP contribution in [0.3, 0.4) is 0 Å². The van der Waals surface area contributed by atoms with E-state index < -0.39 is 17.6 Å². The number of anilines is 1. The van der Waals surface area contributed by atoms with Crippen LogP contribution in [0.1, 0.15) is 15.9 Å². The van der Waals surface area contributed by atoms with Gasteiger partial charge in [-0.3, -0.25) is 4.79 Å². The topological polar surface area (TPSA) is 64.3 Å². The van der Waals surface area contributed by atoms with Gasteiger partial charge in [0.05, 0.1) is 5.56 Å². The number of nitrogens with one attached hydrogen (secondary N) is 1. The zero-order valence-electron chi connectivity index (χ0n) is 15.2. The Bertz CT molecular complexity index is 1100. The molecular weight excluding hydrogens is 381 g/mol. The summed E-state index contributed by atoms with van der Waals surface area (Å²) in [5.74, 6) is 0.121. The molecule has 0 heterocycles. The zero-order valence-corrected chi connectivity index (χ0v) is 15.2. The summed E-state index contributed by atoms with van der Waals surface area (Å²) in [6.07, 6.45) is -1.49. The van der Waals surface area contributed by atoms with Crippen LogP contribution in [0.4, 0.5) is 18.9 Å². The number of nitrogens with two attached hydrogens (primary N) is 1. The lowest BCUT2D eigenvalue weighted by Crippen LogP contribution is -2.13. The molecule has 0 saturated carbocycles. The Morgan fingerprint density at radius 3 is 2.55 bits per heavy atom. The number of halogens is 3. The van der Waals surface area contributed by atoms with Crippen molar-refractivity contribution in [2.45, 2.75) is 6.18 Å². The fourth-order valence-corrected chi connectivity index (χ4v) is 2.78. The molecule has 0 aliphatic carbocycles. The van der Waals surface area contributed by atoms with Crippen molar-refractivity contribution in [3.8, 4) is 5.75 Å². The van der Waals surface area contributed by atoms with E-state index in [0.29, 0.717) is 22.1 Å². The van der Waals surface area contributed by atoms with Crippen LogP contribution in [-0.2, 0) is 6.18 Å². The molecule has 0 aliphatic heterocycles. The van der Waals surface area contributed by atoms with Gasteiger partial charge in [-0.2, -0.15) is 13.2 Å². The summed E-state index contributed by atoms with van der Waals surface area (Å²) in [6.45, 7) is 3.53. The number of hydrogen-bond donors (Lipinski definition) is 2. The van der Waals surface area contributed by atoms with Crippen LogP contribution in [0, 0.1) is 0 Å². The Morgan fingerprint density at radius 1 is 1.07 bits per heavy atom. The van der Waals surface area contributed by atoms with Gasteiger partial charge >= 0.3 is 6.18 Å². The fourth-order valence-electron chi connectivity index (χ4n) is 2.78. The molecule has 0 fully saturated rings. The molecule has 0 spiro atoms. The molecule has 0 aliphatic rings. The highest BCUT2D eigenvalue weighted by atomic mass is 19.4. The lowest BCUT2D eigenvalue weighted by Gasteiger charge is -2.12. The van der Waals surface area contributed by atoms with E-state index >= 15 is 0 Å². The molecule has 1 amide bonds. The van der Waals surface area contributed by atoms with Crippen LogP contribution in [-0.4, -0.2) is 5.91 Å². The second kappa shape index (κ2) is 8.10. The highest BCUT2D eigenvalue weighted by Gasteiger charge is 2.30. The van der Waals surface area contributed by atoms with Crippen LogP contribution >= 0.6 is 0 Å². The molecule has 3 aromatic carbocycles. The monoisotopic (exact) mass is 398 g/mol. The second-order valence-electron chi connectivity index (χ2n) is 6.13. The van der Waals surface area contributed by atoms with Crippen molar-refractivity contribution in [2.24, 2.45) is 5.73 Å². The van der Waals surface area contributed by atoms with Crippen LogP contribution in [0.25, 0.3) is 10.8 Å². The summed E-state index contributed by atoms with van der Waals surface area (Å²) < 4.78 is 44.1. The minimum absolute atomic E-state index is 0.0594. The van der Waals surface area contributed by atoms with Crippen molar-refractivity contribution in [1.82, 2.24) is 0 Å². The van der Waals surface area contributed by atoms with Gasteiger partial charge in [-0.05, 0) is 59.3 Å². The largest absolute Gasteiger partial charge is 0.442 e. The minimum atomic E-state index is -4.49. The van der Waals surface area contributed by atoms with E-state index in [0.717, 1.165) is 12.1 Å². The quantitative estimate of drug-likeness (QED) is 0.442. The number of hydrogen-bond acceptors (Lipinski definition) is 3. The number of benzene rings is 3. The van der Waals surface area contributed by atoms with Crippen molar-refractivity contribution in [1.29, 1.82) is 0 Å². The molecule has 0 unspecified atom stereocenters. The fraction of sp³-hybridized carbons (Fsp3) is 0.0455. The molecule has 0 radical (unpaired) electrons. The first-order chi connectivity index (χ1) is 13.8. The summed E-state index contributed by atoms with van der Waals surface area (Å²) in [4.78, 5) is 12.7. The maximum Gasteiger partial charge on any atom is 0.416 e. The lowest BCUT2D eigenvalue weighted by molar-refractivity contribution is -0.137. The molecule has 0 aromatic heterocycles. The van der Waals surface area contributed by atoms with Gasteiger partial charge in [-0.25, -0.2) is 0 Å². The summed E-state index contributed by atoms with van der Waals surface area (Å²) in [5, 5.41) is 3.85. The first-order valence-electron chi connectivity index (χ1n) is 8.55. The number of ether oxygens (including phenoxy) is 1. The average Bonchev–Trinajstić information content (AvgIpc) is 2.67. The van der Waals surface area contributed by atoms with E-state index in [9.17, 15) is 18.0 Å². The van der Waals surface area contributed by atoms with Crippen LogP contribution in [0.15, 0.2) is 85.3 Å². The number of carbonyl (C=O) groups excluding carboxylic acids is 1. The number of fused-ring (bicyclic) bond motifs is 1. The van der Waals surface area contributed by atoms with Gasteiger partial charge in [-0.1, -0.05) is 30.9 Å². The predicted octanol–water partition coefficient (Wildman–Crippen LogP) is 5.48. The molecular formula is C22H17F3N2O2. The molecule has 3 rings (SSSR count). The lowest BCUT2D eigenvalue weighted by atomic mass is 10.0. The van der Waals surface area contributed by atoms with Crippen molar-refractivity contribution >= 4 is 22.4 Å². The smallest absolute Gasteiger partial charge is 0.416 e. The SMILES string of the molecule is C=C/C=C(\N)Oc1ccc2c(C(=O)Nc3cccc(C(F)(F)F)c3)cccc2c1. The summed E-state index contributed by atoms with van der Waals surface area (Å²) in [5.41, 5.74) is 5.24. The second-order valence-corrected chi connectivity index (χ2v) is 6.13. The Morgan fingerprint density at radius 2 is 1.83 bits per heavy atom. The summed E-state index contributed by atoms with van der Waals surface area (Å²) in [7, 11) is 0. The summed E-state index contributed by atoms with van der Waals surface area (Å²) in [6, 6.07) is 14.6. The van der Waals surface area contributed by atoms with Gasteiger partial charge < -0.3 is 15.8 Å². The maximum absolute atomic E-state index is 12.9. The van der Waals surface area contributed by atoms with E-state index in [1.165, 1.54) is 24.3 Å². The Labute approximate surface area is 165 Å². The maximum atomic E-state index is 12.9. The number of alkyl halides is 3. The number of amides is 1. The van der Waals surface area contributed by atoms with Crippen molar-refractivity contribution in [3.63, 3.8) is 0 Å². The van der Waals surface area contributed by atoms with Gasteiger partial charge in [0.15, 0.2) is 5.88 Å². The summed E-state index contributed by atoms with van der Waals surface area (Å²) >= 11 is 0.